The van der Waals surface area contributed by atoms with Gasteiger partial charge >= 0.3 is 0 Å². The Morgan fingerprint density at radius 2 is 0.797 bits per heavy atom. The van der Waals surface area contributed by atoms with Crippen molar-refractivity contribution >= 4 is 28.0 Å². The van der Waals surface area contributed by atoms with Gasteiger partial charge in [0, 0.05) is 33.6 Å². The van der Waals surface area contributed by atoms with Gasteiger partial charge in [0.2, 0.25) is 0 Å². The molecule has 1 aliphatic rings. The molecule has 0 atom stereocenters. The highest BCUT2D eigenvalue weighted by Gasteiger charge is 2.49. The predicted molar refractivity (Wildman–Crippen MR) is 245 cm³/mol. The molecule has 278 valence electrons. The van der Waals surface area contributed by atoms with Crippen LogP contribution in [0.2, 0.25) is 0 Å². The van der Waals surface area contributed by atoms with E-state index < -0.39 is 5.41 Å². The molecule has 0 fully saturated rings. The molecule has 0 saturated heterocycles. The zero-order valence-electron chi connectivity index (χ0n) is 32.4. The number of anilines is 3. The minimum absolute atomic E-state index is 0.547. The van der Waals surface area contributed by atoms with E-state index in [1.54, 1.807) is 0 Å². The van der Waals surface area contributed by atoms with Gasteiger partial charge in [0.1, 0.15) is 11.3 Å². The third-order valence-electron chi connectivity index (χ3n) is 12.0. The highest BCUT2D eigenvalue weighted by Crippen LogP contribution is 2.59. The summed E-state index contributed by atoms with van der Waals surface area (Å²) in [5.74, 6) is 0.936. The number of benzene rings is 9. The third-order valence-corrected chi connectivity index (χ3v) is 12.0. The van der Waals surface area contributed by atoms with Gasteiger partial charge in [-0.25, -0.2) is 0 Å². The summed E-state index contributed by atoms with van der Waals surface area (Å²) in [6, 6.07) is 85.1. The lowest BCUT2D eigenvalue weighted by molar-refractivity contribution is 0.628. The van der Waals surface area contributed by atoms with Crippen LogP contribution >= 0.6 is 0 Å². The Bertz CT molecular complexity index is 2940. The number of furan rings is 1. The first-order valence-electron chi connectivity index (χ1n) is 20.3. The first-order valence-corrected chi connectivity index (χ1v) is 20.3. The van der Waals surface area contributed by atoms with Crippen LogP contribution in [0.25, 0.3) is 55.7 Å². The Labute approximate surface area is 344 Å². The lowest BCUT2D eigenvalue weighted by Crippen LogP contribution is -2.28. The quantitative estimate of drug-likeness (QED) is 0.154. The second-order valence-corrected chi connectivity index (χ2v) is 15.3. The Kier molecular flexibility index (Phi) is 8.41. The van der Waals surface area contributed by atoms with Crippen molar-refractivity contribution in [2.75, 3.05) is 4.90 Å². The van der Waals surface area contributed by atoms with Gasteiger partial charge in [-0.15, -0.1) is 0 Å². The van der Waals surface area contributed by atoms with Gasteiger partial charge in [0.25, 0.3) is 0 Å². The topological polar surface area (TPSA) is 16.4 Å². The molecule has 9 aromatic carbocycles. The molecule has 1 aliphatic carbocycles. The van der Waals surface area contributed by atoms with E-state index in [0.29, 0.717) is 0 Å². The van der Waals surface area contributed by atoms with E-state index in [1.807, 2.05) is 0 Å². The SMILES string of the molecule is c1ccc(-c2ccc(N(c3ccc(-c4ccccc4)cc3)c3cccc(-c4ccc5c(c4)-c4oc6ccccc6c4C5(c4ccccc4)c4ccccc4)c3)cc2)cc1. The Morgan fingerprint density at radius 1 is 0.339 bits per heavy atom. The highest BCUT2D eigenvalue weighted by atomic mass is 16.3. The van der Waals surface area contributed by atoms with Gasteiger partial charge in [-0.2, -0.15) is 0 Å². The zero-order valence-corrected chi connectivity index (χ0v) is 32.4. The highest BCUT2D eigenvalue weighted by molar-refractivity contribution is 5.98. The van der Waals surface area contributed by atoms with Crippen molar-refractivity contribution in [2.24, 2.45) is 0 Å². The van der Waals surface area contributed by atoms with E-state index in [4.69, 9.17) is 4.42 Å². The van der Waals surface area contributed by atoms with Gasteiger partial charge in [0.05, 0.1) is 5.41 Å². The van der Waals surface area contributed by atoms with Gasteiger partial charge < -0.3 is 9.32 Å². The molecule has 2 nitrogen and oxygen atoms in total. The molecule has 0 spiro atoms. The van der Waals surface area contributed by atoms with Crippen molar-refractivity contribution in [3.8, 4) is 44.7 Å². The van der Waals surface area contributed by atoms with Crippen LogP contribution in [0.4, 0.5) is 17.1 Å². The fourth-order valence-corrected chi connectivity index (χ4v) is 9.26. The summed E-state index contributed by atoms with van der Waals surface area (Å²) in [5.41, 5.74) is 16.7. The molecule has 0 radical (unpaired) electrons. The Balaban J connectivity index is 1.06. The van der Waals surface area contributed by atoms with E-state index in [1.165, 1.54) is 44.5 Å². The molecule has 1 heterocycles. The van der Waals surface area contributed by atoms with Crippen LogP contribution in [0.3, 0.4) is 0 Å². The number of para-hydroxylation sites is 1. The van der Waals surface area contributed by atoms with E-state index in [2.05, 4.69) is 241 Å². The van der Waals surface area contributed by atoms with Crippen LogP contribution in [0.5, 0.6) is 0 Å². The van der Waals surface area contributed by atoms with Crippen LogP contribution in [-0.2, 0) is 5.41 Å². The zero-order chi connectivity index (χ0) is 39.2. The first-order chi connectivity index (χ1) is 29.3. The van der Waals surface area contributed by atoms with Crippen molar-refractivity contribution in [1.29, 1.82) is 0 Å². The number of fused-ring (bicyclic) bond motifs is 5. The van der Waals surface area contributed by atoms with Crippen molar-refractivity contribution in [2.45, 2.75) is 5.41 Å². The standard InChI is InChI=1S/C57H39NO/c1-5-16-40(17-6-1)42-28-33-48(34-29-42)58(49-35-30-43(31-36-49)41-18-7-2-8-19-41)50-25-15-20-44(38-50)45-32-37-53-52(39-45)56-55(51-26-13-14-27-54(51)59-56)57(53,46-21-9-3-10-22-46)47-23-11-4-12-24-47/h1-39H. The molecular formula is C57H39NO. The monoisotopic (exact) mass is 753 g/mol. The van der Waals surface area contributed by atoms with Gasteiger partial charge in [-0.3, -0.25) is 0 Å². The number of hydrogen-bond donors (Lipinski definition) is 0. The van der Waals surface area contributed by atoms with Crippen LogP contribution in [0.15, 0.2) is 241 Å². The largest absolute Gasteiger partial charge is 0.456 e. The number of hydrogen-bond acceptors (Lipinski definition) is 2. The minimum Gasteiger partial charge on any atom is -0.456 e. The molecule has 0 amide bonds. The van der Waals surface area contributed by atoms with E-state index >= 15 is 0 Å². The predicted octanol–water partition coefficient (Wildman–Crippen LogP) is 15.3. The van der Waals surface area contributed by atoms with Gasteiger partial charge in [-0.05, 0) is 98.6 Å². The summed E-state index contributed by atoms with van der Waals surface area (Å²) in [5, 5.41) is 1.14. The second-order valence-electron chi connectivity index (χ2n) is 15.3. The maximum Gasteiger partial charge on any atom is 0.140 e. The molecule has 10 aromatic rings. The summed E-state index contributed by atoms with van der Waals surface area (Å²) in [4.78, 5) is 2.35. The van der Waals surface area contributed by atoms with Crippen molar-refractivity contribution in [1.82, 2.24) is 0 Å². The molecule has 11 rings (SSSR count). The van der Waals surface area contributed by atoms with Crippen molar-refractivity contribution < 1.29 is 4.42 Å². The Morgan fingerprint density at radius 3 is 1.37 bits per heavy atom. The van der Waals surface area contributed by atoms with Crippen LogP contribution in [0, 0.1) is 0 Å². The average molecular weight is 754 g/mol. The number of rotatable bonds is 8. The molecule has 0 bridgehead atoms. The molecular weight excluding hydrogens is 715 g/mol. The molecule has 0 saturated carbocycles. The second kappa shape index (κ2) is 14.4. The lowest BCUT2D eigenvalue weighted by Gasteiger charge is -2.33. The fourth-order valence-electron chi connectivity index (χ4n) is 9.26. The normalized spacial score (nSPS) is 12.5. The summed E-state index contributed by atoms with van der Waals surface area (Å²) >= 11 is 0. The summed E-state index contributed by atoms with van der Waals surface area (Å²) in [7, 11) is 0. The summed E-state index contributed by atoms with van der Waals surface area (Å²) in [6.07, 6.45) is 0. The minimum atomic E-state index is -0.547. The molecule has 0 N–H and O–H groups in total. The van der Waals surface area contributed by atoms with Crippen LogP contribution in [-0.4, -0.2) is 0 Å². The van der Waals surface area contributed by atoms with E-state index in [0.717, 1.165) is 50.5 Å². The molecule has 0 unspecified atom stereocenters. The Hall–Kier alpha value is -7.68. The van der Waals surface area contributed by atoms with Gasteiger partial charge in [-0.1, -0.05) is 188 Å². The lowest BCUT2D eigenvalue weighted by atomic mass is 9.67. The van der Waals surface area contributed by atoms with Crippen molar-refractivity contribution in [3.63, 3.8) is 0 Å². The molecule has 59 heavy (non-hydrogen) atoms. The molecule has 0 aliphatic heterocycles. The summed E-state index contributed by atoms with van der Waals surface area (Å²) < 4.78 is 6.88. The molecule has 1 aromatic heterocycles. The van der Waals surface area contributed by atoms with E-state index in [9.17, 15) is 0 Å². The number of nitrogens with zero attached hydrogens (tertiary/aromatic N) is 1. The maximum atomic E-state index is 6.88. The third kappa shape index (κ3) is 5.80. The van der Waals surface area contributed by atoms with Crippen molar-refractivity contribution in [3.05, 3.63) is 259 Å². The van der Waals surface area contributed by atoms with Crippen LogP contribution in [0.1, 0.15) is 22.3 Å². The average Bonchev–Trinajstić information content (AvgIpc) is 3.84. The van der Waals surface area contributed by atoms with Crippen LogP contribution < -0.4 is 4.90 Å². The maximum absolute atomic E-state index is 6.88. The first kappa shape index (κ1) is 34.6. The van der Waals surface area contributed by atoms with E-state index in [-0.39, 0.29) is 0 Å². The summed E-state index contributed by atoms with van der Waals surface area (Å²) in [6.45, 7) is 0. The fraction of sp³-hybridized carbons (Fsp3) is 0.0175. The smallest absolute Gasteiger partial charge is 0.140 e. The van der Waals surface area contributed by atoms with Gasteiger partial charge in [0.15, 0.2) is 0 Å². The molecule has 2 heteroatoms.